The Morgan fingerprint density at radius 1 is 0.946 bits per heavy atom. The van der Waals surface area contributed by atoms with E-state index in [9.17, 15) is 36.7 Å². The van der Waals surface area contributed by atoms with Gasteiger partial charge < -0.3 is 40.1 Å². The van der Waals surface area contributed by atoms with Crippen molar-refractivity contribution in [3.63, 3.8) is 0 Å². The molecule has 3 aliphatic rings. The van der Waals surface area contributed by atoms with Crippen molar-refractivity contribution in [3.05, 3.63) is 65.1 Å². The van der Waals surface area contributed by atoms with Crippen LogP contribution in [0.4, 0.5) is 17.6 Å². The molecule has 0 bridgehead atoms. The van der Waals surface area contributed by atoms with Crippen molar-refractivity contribution in [1.82, 2.24) is 25.4 Å². The highest BCUT2D eigenvalue weighted by Gasteiger charge is 2.35. The maximum atomic E-state index is 15.0. The van der Waals surface area contributed by atoms with E-state index in [4.69, 9.17) is 14.9 Å². The molecular weight excluding hydrogens is 740 g/mol. The molecule has 6 rings (SSSR count). The Bertz CT molecular complexity index is 1890. The van der Waals surface area contributed by atoms with Gasteiger partial charge in [0.15, 0.2) is 23.0 Å². The van der Waals surface area contributed by atoms with E-state index in [1.54, 1.807) is 4.90 Å². The van der Waals surface area contributed by atoms with Gasteiger partial charge >= 0.3 is 6.61 Å². The summed E-state index contributed by atoms with van der Waals surface area (Å²) in [5.41, 5.74) is 5.76. The van der Waals surface area contributed by atoms with Gasteiger partial charge in [0.2, 0.25) is 23.6 Å². The highest BCUT2D eigenvalue weighted by atomic mass is 19.3. The number of rotatable bonds is 16. The van der Waals surface area contributed by atoms with Crippen LogP contribution in [0.2, 0.25) is 0 Å². The van der Waals surface area contributed by atoms with Gasteiger partial charge in [-0.2, -0.15) is 8.78 Å². The number of carbonyl (C=O) groups is 4. The van der Waals surface area contributed by atoms with Crippen LogP contribution in [0.15, 0.2) is 40.8 Å². The maximum Gasteiger partial charge on any atom is 0.387 e. The quantitative estimate of drug-likeness (QED) is 0.127. The number of hydrogen-bond acceptors (Lipinski definition) is 9. The molecule has 3 fully saturated rings. The van der Waals surface area contributed by atoms with Crippen LogP contribution in [0.1, 0.15) is 98.6 Å². The van der Waals surface area contributed by atoms with Crippen LogP contribution < -0.4 is 25.8 Å². The second-order valence-corrected chi connectivity index (χ2v) is 14.4. The van der Waals surface area contributed by atoms with Gasteiger partial charge in [-0.3, -0.25) is 19.2 Å². The first-order valence-electron chi connectivity index (χ1n) is 19.0. The van der Waals surface area contributed by atoms with Gasteiger partial charge in [0.1, 0.15) is 17.7 Å². The van der Waals surface area contributed by atoms with Gasteiger partial charge in [0, 0.05) is 61.8 Å². The van der Waals surface area contributed by atoms with E-state index >= 15 is 0 Å². The van der Waals surface area contributed by atoms with Gasteiger partial charge in [-0.15, -0.1) is 0 Å². The summed E-state index contributed by atoms with van der Waals surface area (Å²) in [5, 5.41) is 5.34. The van der Waals surface area contributed by atoms with Crippen molar-refractivity contribution in [2.24, 2.45) is 11.7 Å². The summed E-state index contributed by atoms with van der Waals surface area (Å²) in [6, 6.07) is 3.99. The first-order chi connectivity index (χ1) is 26.9. The first kappa shape index (κ1) is 40.5. The van der Waals surface area contributed by atoms with Crippen LogP contribution in [0.3, 0.4) is 0 Å². The summed E-state index contributed by atoms with van der Waals surface area (Å²) in [5.74, 6) is -3.82. The van der Waals surface area contributed by atoms with Crippen molar-refractivity contribution in [3.8, 4) is 23.0 Å². The number of nitrogens with two attached hydrogens (primary N) is 1. The third-order valence-corrected chi connectivity index (χ3v) is 10.1. The average Bonchev–Trinajstić information content (AvgIpc) is 3.70. The van der Waals surface area contributed by atoms with E-state index in [-0.39, 0.29) is 76.8 Å². The summed E-state index contributed by atoms with van der Waals surface area (Å²) in [6.07, 6.45) is 6.22. The molecule has 3 aromatic rings. The summed E-state index contributed by atoms with van der Waals surface area (Å²) in [7, 11) is 0. The molecular formula is C39H46F4N6O7. The number of nitrogens with one attached hydrogen (secondary N) is 2. The van der Waals surface area contributed by atoms with E-state index in [1.807, 2.05) is 4.90 Å². The molecule has 1 saturated heterocycles. The van der Waals surface area contributed by atoms with Crippen LogP contribution in [-0.2, 0) is 14.4 Å². The Morgan fingerprint density at radius 3 is 2.32 bits per heavy atom. The minimum absolute atomic E-state index is 0.0375. The summed E-state index contributed by atoms with van der Waals surface area (Å²) in [6.45, 7) is 0.411. The standard InChI is InChI=1S/C39H46F4N6O7/c1-22(44)34-33(36(52)46-32(27-13-12-25(40)21-28(27)41)35(51)45-26-6-2-3-7-26)47-37(56-34)24-11-14-29(55-39(42)43)30(20-24)54-19-5-4-8-31(50)48-15-17-49(18-16-48)38(53)23-9-10-23/h11-14,20-23,26,32,39H,2-10,15-19,44H2,1H3,(H,45,51)(H,46,52)/t22-,32?/m0/s1. The molecule has 56 heavy (non-hydrogen) atoms. The number of alkyl halides is 2. The number of aromatic nitrogens is 1. The van der Waals surface area contributed by atoms with E-state index in [2.05, 4.69) is 20.4 Å². The van der Waals surface area contributed by atoms with E-state index in [0.717, 1.165) is 50.7 Å². The maximum absolute atomic E-state index is 15.0. The van der Waals surface area contributed by atoms with Crippen molar-refractivity contribution < 1.29 is 50.6 Å². The Kier molecular flexibility index (Phi) is 13.1. The predicted molar refractivity (Wildman–Crippen MR) is 193 cm³/mol. The third kappa shape index (κ3) is 10.2. The topological polar surface area (TPSA) is 169 Å². The lowest BCUT2D eigenvalue weighted by molar-refractivity contribution is -0.140. The molecule has 1 aliphatic heterocycles. The molecule has 0 radical (unpaired) electrons. The van der Waals surface area contributed by atoms with Crippen molar-refractivity contribution in [2.45, 2.75) is 89.4 Å². The van der Waals surface area contributed by atoms with Gasteiger partial charge in [-0.25, -0.2) is 13.8 Å². The number of amides is 4. The molecule has 2 heterocycles. The molecule has 2 atom stereocenters. The predicted octanol–water partition coefficient (Wildman–Crippen LogP) is 5.40. The van der Waals surface area contributed by atoms with Crippen LogP contribution in [0.5, 0.6) is 11.5 Å². The Balaban J connectivity index is 1.12. The molecule has 2 saturated carbocycles. The van der Waals surface area contributed by atoms with Crippen LogP contribution in [0, 0.1) is 17.6 Å². The number of halogens is 4. The number of unbranched alkanes of at least 4 members (excludes halogenated alkanes) is 1. The molecule has 17 heteroatoms. The summed E-state index contributed by atoms with van der Waals surface area (Å²) >= 11 is 0. The van der Waals surface area contributed by atoms with Gasteiger partial charge in [0.05, 0.1) is 12.6 Å². The Labute approximate surface area is 321 Å². The minimum Gasteiger partial charge on any atom is -0.490 e. The fraction of sp³-hybridized carbons (Fsp3) is 0.513. The fourth-order valence-electron chi connectivity index (χ4n) is 6.93. The lowest BCUT2D eigenvalue weighted by atomic mass is 10.0. The van der Waals surface area contributed by atoms with Crippen molar-refractivity contribution in [2.75, 3.05) is 32.8 Å². The lowest BCUT2D eigenvalue weighted by Gasteiger charge is -2.35. The van der Waals surface area contributed by atoms with Crippen molar-refractivity contribution in [1.29, 1.82) is 0 Å². The fourth-order valence-corrected chi connectivity index (χ4v) is 6.93. The van der Waals surface area contributed by atoms with Gasteiger partial charge in [0.25, 0.3) is 5.91 Å². The normalized spacial score (nSPS) is 17.1. The zero-order chi connectivity index (χ0) is 39.9. The van der Waals surface area contributed by atoms with E-state index in [0.29, 0.717) is 45.1 Å². The zero-order valence-electron chi connectivity index (χ0n) is 31.0. The molecule has 13 nitrogen and oxygen atoms in total. The molecule has 4 amide bonds. The lowest BCUT2D eigenvalue weighted by Crippen LogP contribution is -2.51. The molecule has 2 aromatic carbocycles. The Morgan fingerprint density at radius 2 is 1.66 bits per heavy atom. The minimum atomic E-state index is -3.16. The number of ether oxygens (including phenoxy) is 2. The van der Waals surface area contributed by atoms with Gasteiger partial charge in [-0.1, -0.05) is 18.9 Å². The molecule has 4 N–H and O–H groups in total. The highest BCUT2D eigenvalue weighted by molar-refractivity contribution is 5.97. The average molecular weight is 787 g/mol. The van der Waals surface area contributed by atoms with Crippen LogP contribution >= 0.6 is 0 Å². The zero-order valence-corrected chi connectivity index (χ0v) is 31.0. The monoisotopic (exact) mass is 786 g/mol. The molecule has 0 spiro atoms. The number of carbonyl (C=O) groups excluding carboxylic acids is 4. The molecule has 2 aliphatic carbocycles. The second kappa shape index (κ2) is 18.2. The van der Waals surface area contributed by atoms with E-state index < -0.39 is 42.1 Å². The number of hydrogen-bond donors (Lipinski definition) is 3. The molecule has 1 unspecified atom stereocenters. The van der Waals surface area contributed by atoms with Crippen LogP contribution in [-0.4, -0.2) is 83.9 Å². The highest BCUT2D eigenvalue weighted by Crippen LogP contribution is 2.36. The number of benzene rings is 2. The molecule has 1 aromatic heterocycles. The Hall–Kier alpha value is -5.19. The third-order valence-electron chi connectivity index (χ3n) is 10.1. The first-order valence-corrected chi connectivity index (χ1v) is 19.0. The number of piperazine rings is 1. The SMILES string of the molecule is C[C@H](N)c1oc(-c2ccc(OC(F)F)c(OCCCCC(=O)N3CCN(C(=O)C4CC4)CC3)c2)nc1C(=O)NC(C(=O)NC1CCCC1)c1ccc(F)cc1F. The summed E-state index contributed by atoms with van der Waals surface area (Å²) < 4.78 is 71.8. The van der Waals surface area contributed by atoms with E-state index in [1.165, 1.54) is 25.1 Å². The summed E-state index contributed by atoms with van der Waals surface area (Å²) in [4.78, 5) is 60.1. The van der Waals surface area contributed by atoms with Crippen LogP contribution in [0.25, 0.3) is 11.5 Å². The number of nitrogens with zero attached hydrogens (tertiary/aromatic N) is 3. The smallest absolute Gasteiger partial charge is 0.387 e. The molecule has 302 valence electrons. The largest absolute Gasteiger partial charge is 0.490 e. The van der Waals surface area contributed by atoms with Crippen molar-refractivity contribution >= 4 is 23.6 Å². The number of oxazole rings is 1. The second-order valence-electron chi connectivity index (χ2n) is 14.4. The van der Waals surface area contributed by atoms with Gasteiger partial charge in [-0.05, 0) is 69.7 Å².